The van der Waals surface area contributed by atoms with Gasteiger partial charge in [-0.25, -0.2) is 4.98 Å². The summed E-state index contributed by atoms with van der Waals surface area (Å²) in [4.78, 5) is 18.2. The molecule has 4 aromatic carbocycles. The zero-order chi connectivity index (χ0) is 25.2. The minimum atomic E-state index is -0.209. The Labute approximate surface area is 225 Å². The van der Waals surface area contributed by atoms with E-state index in [2.05, 4.69) is 37.0 Å². The van der Waals surface area contributed by atoms with Crippen molar-refractivity contribution in [3.63, 3.8) is 0 Å². The van der Waals surface area contributed by atoms with Gasteiger partial charge in [-0.15, -0.1) is 0 Å². The van der Waals surface area contributed by atoms with Gasteiger partial charge in [0.25, 0.3) is 5.56 Å². The van der Waals surface area contributed by atoms with E-state index in [-0.39, 0.29) is 11.5 Å². The van der Waals surface area contributed by atoms with Crippen molar-refractivity contribution in [2.24, 2.45) is 5.10 Å². The van der Waals surface area contributed by atoms with Crippen LogP contribution in [0.1, 0.15) is 36.7 Å². The zero-order valence-electron chi connectivity index (χ0n) is 19.8. The molecule has 0 atom stereocenters. The molecule has 0 saturated heterocycles. The number of hydrogen-bond acceptors (Lipinski definition) is 4. The van der Waals surface area contributed by atoms with E-state index in [1.165, 1.54) is 4.68 Å². The van der Waals surface area contributed by atoms with Crippen LogP contribution in [0.15, 0.2) is 97.7 Å². The molecular formula is C29H23Br2N3O2. The van der Waals surface area contributed by atoms with Crippen LogP contribution in [0.2, 0.25) is 0 Å². The standard InChI is InChI=1S/C29H23Br2N3O2/c1-18(2)28-33-26-13-12-22(31)15-24(26)29(35)34(28)32-16-25-23-6-4-3-5-20(23)9-14-27(25)36-17-19-7-10-21(30)11-8-19/h3-16,18H,17H2,1-2H3. The van der Waals surface area contributed by atoms with Crippen LogP contribution in [-0.2, 0) is 6.61 Å². The van der Waals surface area contributed by atoms with Gasteiger partial charge < -0.3 is 4.74 Å². The molecule has 0 bridgehead atoms. The van der Waals surface area contributed by atoms with Crippen LogP contribution in [0.4, 0.5) is 0 Å². The molecule has 36 heavy (non-hydrogen) atoms. The van der Waals surface area contributed by atoms with Crippen LogP contribution in [0.25, 0.3) is 21.7 Å². The van der Waals surface area contributed by atoms with Crippen molar-refractivity contribution >= 4 is 59.7 Å². The summed E-state index contributed by atoms with van der Waals surface area (Å²) in [6, 6.07) is 25.6. The van der Waals surface area contributed by atoms with Crippen molar-refractivity contribution in [3.8, 4) is 5.75 Å². The maximum atomic E-state index is 13.5. The summed E-state index contributed by atoms with van der Waals surface area (Å²) in [5.74, 6) is 1.29. The van der Waals surface area contributed by atoms with Gasteiger partial charge in [-0.2, -0.15) is 9.78 Å². The highest BCUT2D eigenvalue weighted by Crippen LogP contribution is 2.28. The summed E-state index contributed by atoms with van der Waals surface area (Å²) in [6.45, 7) is 4.42. The van der Waals surface area contributed by atoms with Crippen molar-refractivity contribution < 1.29 is 4.74 Å². The molecule has 0 aliphatic heterocycles. The Morgan fingerprint density at radius 1 is 0.944 bits per heavy atom. The lowest BCUT2D eigenvalue weighted by Crippen LogP contribution is -2.23. The molecule has 0 radical (unpaired) electrons. The van der Waals surface area contributed by atoms with Crippen molar-refractivity contribution in [1.82, 2.24) is 9.66 Å². The highest BCUT2D eigenvalue weighted by Gasteiger charge is 2.15. The number of hydrogen-bond donors (Lipinski definition) is 0. The predicted molar refractivity (Wildman–Crippen MR) is 153 cm³/mol. The van der Waals surface area contributed by atoms with Crippen LogP contribution in [0.5, 0.6) is 5.75 Å². The summed E-state index contributed by atoms with van der Waals surface area (Å²) in [7, 11) is 0. The second-order valence-electron chi connectivity index (χ2n) is 8.76. The number of benzene rings is 4. The van der Waals surface area contributed by atoms with Crippen LogP contribution in [-0.4, -0.2) is 15.9 Å². The van der Waals surface area contributed by atoms with E-state index in [1.54, 1.807) is 12.3 Å². The van der Waals surface area contributed by atoms with Crippen LogP contribution in [0, 0.1) is 0 Å². The number of ether oxygens (including phenoxy) is 1. The first kappa shape index (κ1) is 24.4. The summed E-state index contributed by atoms with van der Waals surface area (Å²) >= 11 is 6.93. The molecule has 0 unspecified atom stereocenters. The first-order valence-electron chi connectivity index (χ1n) is 11.6. The molecule has 180 valence electrons. The average Bonchev–Trinajstić information content (AvgIpc) is 2.88. The molecule has 0 fully saturated rings. The van der Waals surface area contributed by atoms with Crippen LogP contribution >= 0.6 is 31.9 Å². The second-order valence-corrected chi connectivity index (χ2v) is 10.6. The van der Waals surface area contributed by atoms with E-state index >= 15 is 0 Å². The van der Waals surface area contributed by atoms with Crippen LogP contribution in [0.3, 0.4) is 0 Å². The Bertz CT molecular complexity index is 1660. The Balaban J connectivity index is 1.62. The minimum Gasteiger partial charge on any atom is -0.488 e. The van der Waals surface area contributed by atoms with Gasteiger partial charge in [0.15, 0.2) is 0 Å². The lowest BCUT2D eigenvalue weighted by molar-refractivity contribution is 0.306. The Kier molecular flexibility index (Phi) is 7.03. The number of aromatic nitrogens is 2. The monoisotopic (exact) mass is 603 g/mol. The SMILES string of the molecule is CC(C)c1nc2ccc(Br)cc2c(=O)n1N=Cc1c(OCc2ccc(Br)cc2)ccc2ccccc12. The van der Waals surface area contributed by atoms with Gasteiger partial charge in [-0.05, 0) is 52.7 Å². The molecule has 0 amide bonds. The summed E-state index contributed by atoms with van der Waals surface area (Å²) in [5, 5.41) is 7.23. The van der Waals surface area contributed by atoms with Crippen LogP contribution < -0.4 is 10.3 Å². The average molecular weight is 605 g/mol. The van der Waals surface area contributed by atoms with Crippen molar-refractivity contribution in [1.29, 1.82) is 0 Å². The maximum Gasteiger partial charge on any atom is 0.282 e. The third-order valence-corrected chi connectivity index (χ3v) is 6.91. The molecule has 1 heterocycles. The first-order valence-corrected chi connectivity index (χ1v) is 13.1. The topological polar surface area (TPSA) is 56.5 Å². The van der Waals surface area contributed by atoms with Crippen molar-refractivity contribution in [2.45, 2.75) is 26.4 Å². The highest BCUT2D eigenvalue weighted by atomic mass is 79.9. The molecule has 1 aromatic heterocycles. The predicted octanol–water partition coefficient (Wildman–Crippen LogP) is 7.66. The molecule has 7 heteroatoms. The van der Waals surface area contributed by atoms with E-state index in [4.69, 9.17) is 9.72 Å². The molecule has 0 spiro atoms. The second kappa shape index (κ2) is 10.4. The molecule has 0 saturated carbocycles. The van der Waals surface area contributed by atoms with Gasteiger partial charge in [0, 0.05) is 20.4 Å². The van der Waals surface area contributed by atoms with Gasteiger partial charge in [-0.3, -0.25) is 4.79 Å². The first-order chi connectivity index (χ1) is 17.4. The number of halogens is 2. The molecule has 5 nitrogen and oxygen atoms in total. The normalized spacial score (nSPS) is 11.7. The lowest BCUT2D eigenvalue weighted by Gasteiger charge is -2.14. The van der Waals surface area contributed by atoms with Gasteiger partial charge in [-0.1, -0.05) is 88.2 Å². The van der Waals surface area contributed by atoms with E-state index in [9.17, 15) is 4.79 Å². The Hall–Kier alpha value is -3.29. The summed E-state index contributed by atoms with van der Waals surface area (Å²) in [5.41, 5.74) is 2.30. The van der Waals surface area contributed by atoms with Gasteiger partial charge in [0.1, 0.15) is 18.2 Å². The molecular weight excluding hydrogens is 582 g/mol. The molecule has 0 aliphatic carbocycles. The number of rotatable bonds is 6. The fourth-order valence-electron chi connectivity index (χ4n) is 4.04. The fraction of sp³-hybridized carbons (Fsp3) is 0.138. The van der Waals surface area contributed by atoms with Gasteiger partial charge >= 0.3 is 0 Å². The maximum absolute atomic E-state index is 13.5. The summed E-state index contributed by atoms with van der Waals surface area (Å²) in [6.07, 6.45) is 1.71. The Morgan fingerprint density at radius 2 is 1.69 bits per heavy atom. The third-order valence-electron chi connectivity index (χ3n) is 5.89. The highest BCUT2D eigenvalue weighted by molar-refractivity contribution is 9.10. The fourth-order valence-corrected chi connectivity index (χ4v) is 4.67. The molecule has 0 aliphatic rings. The molecule has 0 N–H and O–H groups in total. The van der Waals surface area contributed by atoms with Gasteiger partial charge in [0.05, 0.1) is 17.1 Å². The van der Waals surface area contributed by atoms with E-state index in [0.717, 1.165) is 30.8 Å². The smallest absolute Gasteiger partial charge is 0.282 e. The zero-order valence-corrected chi connectivity index (χ0v) is 23.0. The number of fused-ring (bicyclic) bond motifs is 2. The molecule has 5 rings (SSSR count). The summed E-state index contributed by atoms with van der Waals surface area (Å²) < 4.78 is 9.48. The largest absolute Gasteiger partial charge is 0.488 e. The van der Waals surface area contributed by atoms with Gasteiger partial charge in [0.2, 0.25) is 0 Å². The Morgan fingerprint density at radius 3 is 2.47 bits per heavy atom. The minimum absolute atomic E-state index is 0.00328. The van der Waals surface area contributed by atoms with E-state index in [1.807, 2.05) is 86.6 Å². The third kappa shape index (κ3) is 4.99. The van der Waals surface area contributed by atoms with E-state index in [0.29, 0.717) is 29.1 Å². The lowest BCUT2D eigenvalue weighted by atomic mass is 10.0. The van der Waals surface area contributed by atoms with E-state index < -0.39 is 0 Å². The van der Waals surface area contributed by atoms with Crippen molar-refractivity contribution in [3.05, 3.63) is 115 Å². The quantitative estimate of drug-likeness (QED) is 0.187. The number of nitrogens with zero attached hydrogens (tertiary/aromatic N) is 3. The van der Waals surface area contributed by atoms with Crippen molar-refractivity contribution in [2.75, 3.05) is 0 Å². The molecule has 5 aromatic rings.